The first kappa shape index (κ1) is 51.0. The second-order valence-electron chi connectivity index (χ2n) is 21.0. The third-order valence-electron chi connectivity index (χ3n) is 17.4. The van der Waals surface area contributed by atoms with Crippen LogP contribution in [0.25, 0.3) is 0 Å². The lowest BCUT2D eigenvalue weighted by molar-refractivity contribution is -0.363. The molecule has 4 aliphatic heterocycles. The standard InChI is InChI=1S/C45H72O21/c1-17(16-60-40-36(56)33(53)31(51)25(13-46)62-40)7-8-45(59)18(2)30-24(66-45)11-22-21-6-5-19-9-20(10-28(49)43(19,3)23(21)12-29(50)44(22,30)4)61-41-38(58)35(55)39(27(15-48)64-41)65-42-37(57)34(54)32(52)26(14-47)63-42/h5,17-18,20-28,30-42,46-49,51-59H,6-16H2,1-4H3/t17-,18+,20+,21-,22+,23-,24+,25-,26+,27-,28-,30-,31-,32+,33+,34-,35-,36-,37+,38-,39+,40-,41-,42-,43+,44-,45-/m1/s1. The van der Waals surface area contributed by atoms with Crippen molar-refractivity contribution in [3.8, 4) is 0 Å². The number of hydrogen-bond acceptors (Lipinski definition) is 21. The predicted octanol–water partition coefficient (Wildman–Crippen LogP) is -3.71. The molecule has 0 bridgehead atoms. The van der Waals surface area contributed by atoms with E-state index in [9.17, 15) is 71.2 Å². The molecule has 0 aromatic heterocycles. The van der Waals surface area contributed by atoms with Gasteiger partial charge in [0.15, 0.2) is 24.7 Å². The number of allylic oxidation sites excluding steroid dienone is 1. The Hall–Kier alpha value is -1.39. The lowest BCUT2D eigenvalue weighted by Gasteiger charge is -2.59. The molecule has 8 aliphatic rings. The summed E-state index contributed by atoms with van der Waals surface area (Å²) in [5.41, 5.74) is -0.676. The molecule has 0 spiro atoms. The molecule has 378 valence electrons. The average Bonchev–Trinajstić information content (AvgIpc) is 3.73. The Bertz CT molecular complexity index is 1730. The maximum absolute atomic E-state index is 14.7. The molecule has 27 atom stereocenters. The van der Waals surface area contributed by atoms with E-state index >= 15 is 0 Å². The summed E-state index contributed by atoms with van der Waals surface area (Å²) in [4.78, 5) is 14.7. The molecule has 8 rings (SSSR count). The molecule has 0 radical (unpaired) electrons. The van der Waals surface area contributed by atoms with E-state index in [2.05, 4.69) is 6.08 Å². The van der Waals surface area contributed by atoms with Gasteiger partial charge in [-0.2, -0.15) is 0 Å². The molecule has 7 fully saturated rings. The lowest BCUT2D eigenvalue weighted by Crippen LogP contribution is -2.65. The Morgan fingerprint density at radius 2 is 1.29 bits per heavy atom. The molecule has 0 amide bonds. The van der Waals surface area contributed by atoms with Crippen molar-refractivity contribution in [3.63, 3.8) is 0 Å². The lowest BCUT2D eigenvalue weighted by atomic mass is 9.46. The van der Waals surface area contributed by atoms with Crippen molar-refractivity contribution in [2.45, 2.75) is 189 Å². The van der Waals surface area contributed by atoms with Crippen LogP contribution in [0.3, 0.4) is 0 Å². The maximum Gasteiger partial charge on any atom is 0.187 e. The minimum atomic E-state index is -1.81. The molecule has 21 heteroatoms. The van der Waals surface area contributed by atoms with Gasteiger partial charge in [-0.1, -0.05) is 39.3 Å². The predicted molar refractivity (Wildman–Crippen MR) is 221 cm³/mol. The second-order valence-corrected chi connectivity index (χ2v) is 21.0. The summed E-state index contributed by atoms with van der Waals surface area (Å²) in [6.07, 6.45) is -20.3. The van der Waals surface area contributed by atoms with Gasteiger partial charge in [0, 0.05) is 41.9 Å². The van der Waals surface area contributed by atoms with E-state index in [1.165, 1.54) is 0 Å². The molecular formula is C45H72O21. The van der Waals surface area contributed by atoms with Crippen LogP contribution in [0.5, 0.6) is 0 Å². The number of ketones is 1. The first-order valence-electron chi connectivity index (χ1n) is 23.6. The maximum atomic E-state index is 14.7. The summed E-state index contributed by atoms with van der Waals surface area (Å²) < 4.78 is 40.9. The number of rotatable bonds is 13. The van der Waals surface area contributed by atoms with E-state index in [4.69, 9.17) is 33.2 Å². The van der Waals surface area contributed by atoms with Gasteiger partial charge < -0.3 is 99.5 Å². The van der Waals surface area contributed by atoms with Crippen molar-refractivity contribution in [1.29, 1.82) is 0 Å². The summed E-state index contributed by atoms with van der Waals surface area (Å²) in [5, 5.41) is 137. The van der Waals surface area contributed by atoms with E-state index < -0.39 is 147 Å². The fraction of sp³-hybridized carbons (Fsp3) is 0.933. The summed E-state index contributed by atoms with van der Waals surface area (Å²) in [5.74, 6) is -2.49. The molecule has 0 unspecified atom stereocenters. The molecule has 13 N–H and O–H groups in total. The van der Waals surface area contributed by atoms with E-state index in [0.717, 1.165) is 5.57 Å². The van der Waals surface area contributed by atoms with Crippen LogP contribution in [0.1, 0.15) is 72.6 Å². The normalized spacial score (nSPS) is 54.2. The Labute approximate surface area is 382 Å². The zero-order valence-electron chi connectivity index (χ0n) is 37.8. The van der Waals surface area contributed by atoms with E-state index in [1.54, 1.807) is 0 Å². The number of aliphatic hydroxyl groups excluding tert-OH is 12. The SMILES string of the molecule is C[C@H](CC[C@@]1(O)O[C@H]2C[C@H]3[C@H]4CC=C5C[C@H](O[C@@H]6O[C@H](CO)[C@H](O[C@H]7O[C@@H](CO)[C@H](O)[C@@H](O)[C@@H]7O)[C@H](O)[C@H]6O)C[C@@H](O)[C@]5(C)[C@@H]4CC(=O)[C@]3(C)[C@@H]2[C@@H]1C)CO[C@@H]1O[C@H](CO)[C@@H](O)[C@H](O)[C@H]1O. The first-order chi connectivity index (χ1) is 31.1. The minimum Gasteiger partial charge on any atom is -0.394 e. The van der Waals surface area contributed by atoms with Gasteiger partial charge in [0.1, 0.15) is 79.0 Å². The number of carbonyl (C=O) groups is 1. The smallest absolute Gasteiger partial charge is 0.187 e. The van der Waals surface area contributed by atoms with E-state index in [-0.39, 0.29) is 67.3 Å². The van der Waals surface area contributed by atoms with Gasteiger partial charge in [0.25, 0.3) is 0 Å². The minimum absolute atomic E-state index is 0.0345. The van der Waals surface area contributed by atoms with Crippen LogP contribution in [-0.4, -0.2) is 215 Å². The summed E-state index contributed by atoms with van der Waals surface area (Å²) in [6, 6.07) is 0. The van der Waals surface area contributed by atoms with Crippen molar-refractivity contribution < 1.29 is 104 Å². The van der Waals surface area contributed by atoms with Gasteiger partial charge in [0.2, 0.25) is 0 Å². The molecular weight excluding hydrogens is 876 g/mol. The summed E-state index contributed by atoms with van der Waals surface area (Å²) in [7, 11) is 0. The molecule has 21 nitrogen and oxygen atoms in total. The number of hydrogen-bond donors (Lipinski definition) is 13. The molecule has 66 heavy (non-hydrogen) atoms. The van der Waals surface area contributed by atoms with Crippen LogP contribution >= 0.6 is 0 Å². The van der Waals surface area contributed by atoms with Crippen molar-refractivity contribution in [2.24, 2.45) is 46.3 Å². The third kappa shape index (κ3) is 8.46. The monoisotopic (exact) mass is 948 g/mol. The van der Waals surface area contributed by atoms with Gasteiger partial charge in [-0.05, 0) is 49.4 Å². The Balaban J connectivity index is 0.885. The van der Waals surface area contributed by atoms with Crippen LogP contribution in [0.2, 0.25) is 0 Å². The van der Waals surface area contributed by atoms with Crippen LogP contribution in [0.15, 0.2) is 11.6 Å². The second kappa shape index (κ2) is 19.3. The highest BCUT2D eigenvalue weighted by molar-refractivity contribution is 5.87. The Kier molecular flexibility index (Phi) is 14.9. The van der Waals surface area contributed by atoms with Gasteiger partial charge >= 0.3 is 0 Å². The number of Topliss-reactive ketones (excluding diaryl/α,β-unsaturated/α-hetero) is 1. The fourth-order valence-corrected chi connectivity index (χ4v) is 13.3. The third-order valence-corrected chi connectivity index (χ3v) is 17.4. The van der Waals surface area contributed by atoms with Gasteiger partial charge in [-0.25, -0.2) is 0 Å². The topological polar surface area (TPSA) is 345 Å². The van der Waals surface area contributed by atoms with Crippen molar-refractivity contribution >= 4 is 5.78 Å². The molecule has 0 aromatic carbocycles. The van der Waals surface area contributed by atoms with Gasteiger partial charge in [-0.3, -0.25) is 4.79 Å². The summed E-state index contributed by atoms with van der Waals surface area (Å²) >= 11 is 0. The molecule has 3 saturated carbocycles. The van der Waals surface area contributed by atoms with Crippen LogP contribution in [0.4, 0.5) is 0 Å². The fourth-order valence-electron chi connectivity index (χ4n) is 13.3. The number of aliphatic hydroxyl groups is 13. The highest BCUT2D eigenvalue weighted by atomic mass is 16.7. The molecule has 4 saturated heterocycles. The van der Waals surface area contributed by atoms with Crippen LogP contribution < -0.4 is 0 Å². The zero-order chi connectivity index (χ0) is 47.9. The first-order valence-corrected chi connectivity index (χ1v) is 23.6. The van der Waals surface area contributed by atoms with Crippen molar-refractivity contribution in [1.82, 2.24) is 0 Å². The van der Waals surface area contributed by atoms with Crippen molar-refractivity contribution in [3.05, 3.63) is 11.6 Å². The van der Waals surface area contributed by atoms with Gasteiger partial charge in [-0.15, -0.1) is 0 Å². The highest BCUT2D eigenvalue weighted by Crippen LogP contribution is 2.69. The number of ether oxygens (including phenoxy) is 7. The largest absolute Gasteiger partial charge is 0.394 e. The Morgan fingerprint density at radius 3 is 1.92 bits per heavy atom. The molecule has 4 heterocycles. The number of fused-ring (bicyclic) bond motifs is 7. The van der Waals surface area contributed by atoms with Crippen LogP contribution in [-0.2, 0) is 38.0 Å². The molecule has 0 aromatic rings. The summed E-state index contributed by atoms with van der Waals surface area (Å²) in [6.45, 7) is 5.89. The highest BCUT2D eigenvalue weighted by Gasteiger charge is 2.71. The Morgan fingerprint density at radius 1 is 0.712 bits per heavy atom. The van der Waals surface area contributed by atoms with E-state index in [1.807, 2.05) is 27.7 Å². The van der Waals surface area contributed by atoms with Gasteiger partial charge in [0.05, 0.1) is 44.7 Å². The number of carbonyl (C=O) groups excluding carboxylic acids is 1. The zero-order valence-corrected chi connectivity index (χ0v) is 37.8. The van der Waals surface area contributed by atoms with E-state index in [0.29, 0.717) is 25.7 Å². The molecule has 4 aliphatic carbocycles. The quantitative estimate of drug-likeness (QED) is 0.0790. The van der Waals surface area contributed by atoms with Crippen LogP contribution in [0, 0.1) is 46.3 Å². The van der Waals surface area contributed by atoms with Crippen molar-refractivity contribution in [2.75, 3.05) is 26.4 Å². The average molecular weight is 949 g/mol.